The monoisotopic (exact) mass is 228 g/mol. The Morgan fingerprint density at radius 2 is 1.65 bits per heavy atom. The third kappa shape index (κ3) is 2.50. The van der Waals surface area contributed by atoms with E-state index in [1.807, 2.05) is 39.0 Å². The molecule has 3 heteroatoms. The van der Waals surface area contributed by atoms with E-state index in [2.05, 4.69) is 9.97 Å². The van der Waals surface area contributed by atoms with Gasteiger partial charge in [-0.25, -0.2) is 9.97 Å². The summed E-state index contributed by atoms with van der Waals surface area (Å²) in [7, 11) is 0. The van der Waals surface area contributed by atoms with Gasteiger partial charge in [0.25, 0.3) is 0 Å². The van der Waals surface area contributed by atoms with Crippen LogP contribution in [0.15, 0.2) is 30.6 Å². The first-order valence-corrected chi connectivity index (χ1v) is 5.61. The van der Waals surface area contributed by atoms with E-state index in [0.29, 0.717) is 5.82 Å². The van der Waals surface area contributed by atoms with Crippen molar-refractivity contribution in [1.82, 2.24) is 9.97 Å². The van der Waals surface area contributed by atoms with Gasteiger partial charge in [-0.1, -0.05) is 23.8 Å². The van der Waals surface area contributed by atoms with Crippen molar-refractivity contribution in [3.63, 3.8) is 0 Å². The molecular formula is C14H16N2O. The molecule has 88 valence electrons. The number of benzene rings is 1. The molecule has 0 aliphatic heterocycles. The fourth-order valence-corrected chi connectivity index (χ4v) is 1.74. The largest absolute Gasteiger partial charge is 0.380 e. The summed E-state index contributed by atoms with van der Waals surface area (Å²) >= 11 is 0. The molecule has 3 nitrogen and oxygen atoms in total. The number of aryl methyl sites for hydroxylation is 3. The summed E-state index contributed by atoms with van der Waals surface area (Å²) in [6.07, 6.45) is 2.68. The summed E-state index contributed by atoms with van der Waals surface area (Å²) in [5, 5.41) is 10.3. The predicted molar refractivity (Wildman–Crippen MR) is 66.7 cm³/mol. The van der Waals surface area contributed by atoms with E-state index in [1.165, 1.54) is 0 Å². The van der Waals surface area contributed by atoms with Crippen LogP contribution in [0.1, 0.15) is 34.2 Å². The van der Waals surface area contributed by atoms with Crippen LogP contribution in [0.3, 0.4) is 0 Å². The maximum atomic E-state index is 10.3. The minimum atomic E-state index is -0.754. The van der Waals surface area contributed by atoms with E-state index >= 15 is 0 Å². The van der Waals surface area contributed by atoms with Gasteiger partial charge in [0, 0.05) is 12.4 Å². The second kappa shape index (κ2) is 4.63. The molecule has 0 saturated heterocycles. The first-order chi connectivity index (χ1) is 8.08. The van der Waals surface area contributed by atoms with Gasteiger partial charge in [0.05, 0.1) is 0 Å². The molecule has 2 aromatic rings. The molecule has 0 spiro atoms. The molecule has 0 saturated carbocycles. The number of aliphatic hydroxyl groups excluding tert-OH is 1. The Labute approximate surface area is 101 Å². The van der Waals surface area contributed by atoms with Gasteiger partial charge in [-0.05, 0) is 37.5 Å². The SMILES string of the molecule is Cc1cnc(C(O)c2cc(C)ccc2C)nc1. The van der Waals surface area contributed by atoms with Crippen molar-refractivity contribution in [2.75, 3.05) is 0 Å². The zero-order chi connectivity index (χ0) is 12.4. The van der Waals surface area contributed by atoms with E-state index in [0.717, 1.165) is 22.3 Å². The fraction of sp³-hybridized carbons (Fsp3) is 0.286. The molecule has 1 heterocycles. The van der Waals surface area contributed by atoms with Crippen molar-refractivity contribution in [2.45, 2.75) is 26.9 Å². The zero-order valence-electron chi connectivity index (χ0n) is 10.3. The van der Waals surface area contributed by atoms with Crippen LogP contribution in [0.4, 0.5) is 0 Å². The Kier molecular flexibility index (Phi) is 3.20. The molecule has 1 N–H and O–H groups in total. The maximum absolute atomic E-state index is 10.3. The summed E-state index contributed by atoms with van der Waals surface area (Å²) in [6, 6.07) is 6.01. The van der Waals surface area contributed by atoms with Gasteiger partial charge in [-0.15, -0.1) is 0 Å². The van der Waals surface area contributed by atoms with Crippen LogP contribution in [0.5, 0.6) is 0 Å². The summed E-state index contributed by atoms with van der Waals surface area (Å²) < 4.78 is 0. The molecule has 1 atom stereocenters. The van der Waals surface area contributed by atoms with Crippen molar-refractivity contribution < 1.29 is 5.11 Å². The summed E-state index contributed by atoms with van der Waals surface area (Å²) in [5.74, 6) is 0.448. The molecule has 2 rings (SSSR count). The molecule has 0 radical (unpaired) electrons. The van der Waals surface area contributed by atoms with Crippen LogP contribution in [0.2, 0.25) is 0 Å². The first-order valence-electron chi connectivity index (χ1n) is 5.61. The average Bonchev–Trinajstić information content (AvgIpc) is 2.32. The van der Waals surface area contributed by atoms with Crippen molar-refractivity contribution in [3.8, 4) is 0 Å². The van der Waals surface area contributed by atoms with Crippen LogP contribution in [0.25, 0.3) is 0 Å². The lowest BCUT2D eigenvalue weighted by molar-refractivity contribution is 0.209. The van der Waals surface area contributed by atoms with E-state index in [9.17, 15) is 5.11 Å². The number of aliphatic hydroxyl groups is 1. The van der Waals surface area contributed by atoms with Crippen molar-refractivity contribution in [1.29, 1.82) is 0 Å². The predicted octanol–water partition coefficient (Wildman–Crippen LogP) is 2.48. The minimum Gasteiger partial charge on any atom is -0.380 e. The second-order valence-corrected chi connectivity index (χ2v) is 4.38. The number of hydrogen-bond donors (Lipinski definition) is 1. The van der Waals surface area contributed by atoms with Gasteiger partial charge in [0.2, 0.25) is 0 Å². The third-order valence-electron chi connectivity index (χ3n) is 2.77. The zero-order valence-corrected chi connectivity index (χ0v) is 10.3. The van der Waals surface area contributed by atoms with Crippen LogP contribution in [-0.4, -0.2) is 15.1 Å². The highest BCUT2D eigenvalue weighted by molar-refractivity contribution is 5.34. The average molecular weight is 228 g/mol. The second-order valence-electron chi connectivity index (χ2n) is 4.38. The van der Waals surface area contributed by atoms with Crippen LogP contribution >= 0.6 is 0 Å². The van der Waals surface area contributed by atoms with Crippen LogP contribution in [0, 0.1) is 20.8 Å². The van der Waals surface area contributed by atoms with Crippen LogP contribution in [-0.2, 0) is 0 Å². The quantitative estimate of drug-likeness (QED) is 0.859. The first kappa shape index (κ1) is 11.7. The van der Waals surface area contributed by atoms with Crippen molar-refractivity contribution in [3.05, 3.63) is 58.7 Å². The molecule has 0 amide bonds. The molecule has 0 bridgehead atoms. The molecule has 0 aliphatic rings. The summed E-state index contributed by atoms with van der Waals surface area (Å²) in [4.78, 5) is 8.33. The summed E-state index contributed by atoms with van der Waals surface area (Å²) in [6.45, 7) is 5.91. The van der Waals surface area contributed by atoms with E-state index in [1.54, 1.807) is 12.4 Å². The van der Waals surface area contributed by atoms with Gasteiger partial charge < -0.3 is 5.11 Å². The molecular weight excluding hydrogens is 212 g/mol. The molecule has 0 fully saturated rings. The smallest absolute Gasteiger partial charge is 0.161 e. The molecule has 1 aromatic heterocycles. The molecule has 0 aliphatic carbocycles. The van der Waals surface area contributed by atoms with E-state index < -0.39 is 6.10 Å². The molecule has 1 unspecified atom stereocenters. The Bertz CT molecular complexity index is 520. The van der Waals surface area contributed by atoms with E-state index in [-0.39, 0.29) is 0 Å². The topological polar surface area (TPSA) is 46.0 Å². The number of aromatic nitrogens is 2. The van der Waals surface area contributed by atoms with Gasteiger partial charge in [-0.2, -0.15) is 0 Å². The number of rotatable bonds is 2. The number of nitrogens with zero attached hydrogens (tertiary/aromatic N) is 2. The Morgan fingerprint density at radius 3 is 2.29 bits per heavy atom. The summed E-state index contributed by atoms with van der Waals surface area (Å²) in [5.41, 5.74) is 4.03. The lowest BCUT2D eigenvalue weighted by Gasteiger charge is -2.13. The van der Waals surface area contributed by atoms with Gasteiger partial charge in [-0.3, -0.25) is 0 Å². The lowest BCUT2D eigenvalue weighted by atomic mass is 10.0. The van der Waals surface area contributed by atoms with Gasteiger partial charge >= 0.3 is 0 Å². The normalized spacial score (nSPS) is 12.5. The van der Waals surface area contributed by atoms with Gasteiger partial charge in [0.1, 0.15) is 6.10 Å². The van der Waals surface area contributed by atoms with Crippen molar-refractivity contribution >= 4 is 0 Å². The minimum absolute atomic E-state index is 0.448. The Hall–Kier alpha value is -1.74. The molecule has 1 aromatic carbocycles. The lowest BCUT2D eigenvalue weighted by Crippen LogP contribution is -2.07. The Balaban J connectivity index is 2.39. The van der Waals surface area contributed by atoms with E-state index in [4.69, 9.17) is 0 Å². The van der Waals surface area contributed by atoms with Crippen LogP contribution < -0.4 is 0 Å². The highest BCUT2D eigenvalue weighted by Gasteiger charge is 2.15. The maximum Gasteiger partial charge on any atom is 0.161 e. The standard InChI is InChI=1S/C14H16N2O/c1-9-4-5-11(3)12(6-9)13(17)14-15-7-10(2)8-16-14/h4-8,13,17H,1-3H3. The molecule has 17 heavy (non-hydrogen) atoms. The third-order valence-corrected chi connectivity index (χ3v) is 2.77. The number of hydrogen-bond acceptors (Lipinski definition) is 3. The highest BCUT2D eigenvalue weighted by Crippen LogP contribution is 2.23. The fourth-order valence-electron chi connectivity index (χ4n) is 1.74. The van der Waals surface area contributed by atoms with Gasteiger partial charge in [0.15, 0.2) is 5.82 Å². The van der Waals surface area contributed by atoms with Crippen molar-refractivity contribution in [2.24, 2.45) is 0 Å². The highest BCUT2D eigenvalue weighted by atomic mass is 16.3. The Morgan fingerprint density at radius 1 is 1.00 bits per heavy atom.